The maximum atomic E-state index is 10.6. The van der Waals surface area contributed by atoms with E-state index in [1.165, 1.54) is 12.8 Å². The van der Waals surface area contributed by atoms with E-state index in [1.807, 2.05) is 30.3 Å². The third-order valence-corrected chi connectivity index (χ3v) is 3.43. The van der Waals surface area contributed by atoms with Crippen molar-refractivity contribution in [3.8, 4) is 0 Å². The molecule has 110 valence electrons. The third-order valence-electron chi connectivity index (χ3n) is 3.43. The van der Waals surface area contributed by atoms with Gasteiger partial charge in [0, 0.05) is 12.5 Å². The van der Waals surface area contributed by atoms with E-state index in [9.17, 15) is 4.79 Å². The lowest BCUT2D eigenvalue weighted by atomic mass is 10.0. The van der Waals surface area contributed by atoms with Crippen LogP contribution in [0, 0.1) is 0 Å². The molecule has 0 spiro atoms. The molecule has 1 aromatic carbocycles. The molecule has 1 saturated heterocycles. The highest BCUT2D eigenvalue weighted by molar-refractivity contribution is 5.37. The summed E-state index contributed by atoms with van der Waals surface area (Å²) in [6.07, 6.45) is 3.85. The molecule has 1 aliphatic rings. The van der Waals surface area contributed by atoms with Crippen LogP contribution >= 0.6 is 0 Å². The molecule has 0 amide bonds. The van der Waals surface area contributed by atoms with Gasteiger partial charge in [-0.1, -0.05) is 36.8 Å². The first-order chi connectivity index (χ1) is 9.88. The van der Waals surface area contributed by atoms with Crippen LogP contribution in [0.1, 0.15) is 31.2 Å². The predicted molar refractivity (Wildman–Crippen MR) is 75.6 cm³/mol. The molecule has 0 bridgehead atoms. The molecular weight excluding hydrogens is 256 g/mol. The van der Waals surface area contributed by atoms with Crippen molar-refractivity contribution >= 4 is 6.47 Å². The Balaban J connectivity index is 1.72. The minimum absolute atomic E-state index is 0.376. The Morgan fingerprint density at radius 1 is 1.35 bits per heavy atom. The summed E-state index contributed by atoms with van der Waals surface area (Å²) >= 11 is 0. The molecule has 0 aromatic heterocycles. The number of ether oxygens (including phenoxy) is 1. The second-order valence-electron chi connectivity index (χ2n) is 5.00. The van der Waals surface area contributed by atoms with Gasteiger partial charge < -0.3 is 10.1 Å². The number of hydroxylamine groups is 1. The van der Waals surface area contributed by atoms with Gasteiger partial charge in [-0.15, -0.1) is 0 Å². The smallest absolute Gasteiger partial charge is 0.294 e. The number of piperidine rings is 1. The molecule has 1 aromatic rings. The van der Waals surface area contributed by atoms with Crippen LogP contribution in [0.25, 0.3) is 0 Å². The van der Waals surface area contributed by atoms with Crippen LogP contribution in [0.4, 0.5) is 0 Å². The molecule has 2 unspecified atom stereocenters. The lowest BCUT2D eigenvalue weighted by Gasteiger charge is -2.27. The van der Waals surface area contributed by atoms with Crippen LogP contribution < -0.4 is 10.8 Å². The van der Waals surface area contributed by atoms with E-state index in [-0.39, 0.29) is 0 Å². The molecule has 1 fully saturated rings. The number of rotatable bonds is 8. The summed E-state index contributed by atoms with van der Waals surface area (Å²) in [6.45, 7) is 1.94. The SMILES string of the molecule is O=COC(CC1CCCCN1)NOCc1ccccc1. The second-order valence-corrected chi connectivity index (χ2v) is 5.00. The molecule has 1 heterocycles. The Kier molecular flexibility index (Phi) is 6.50. The molecule has 5 heteroatoms. The molecule has 2 rings (SSSR count). The number of benzene rings is 1. The monoisotopic (exact) mass is 278 g/mol. The van der Waals surface area contributed by atoms with Gasteiger partial charge in [-0.2, -0.15) is 5.48 Å². The Labute approximate surface area is 119 Å². The zero-order valence-corrected chi connectivity index (χ0v) is 11.6. The standard InChI is InChI=1S/C15H22N2O3/c18-12-19-15(10-14-8-4-5-9-16-14)17-20-11-13-6-2-1-3-7-13/h1-3,6-7,12,14-17H,4-5,8-11H2. The van der Waals surface area contributed by atoms with Gasteiger partial charge in [0.05, 0.1) is 6.61 Å². The minimum Gasteiger partial charge on any atom is -0.447 e. The van der Waals surface area contributed by atoms with Crippen molar-refractivity contribution in [3.63, 3.8) is 0 Å². The Hall–Kier alpha value is -1.43. The summed E-state index contributed by atoms with van der Waals surface area (Å²) in [6, 6.07) is 10.2. The number of carbonyl (C=O) groups excluding carboxylic acids is 1. The molecule has 0 radical (unpaired) electrons. The van der Waals surface area contributed by atoms with E-state index in [0.29, 0.717) is 25.5 Å². The summed E-state index contributed by atoms with van der Waals surface area (Å²) in [4.78, 5) is 16.0. The third kappa shape index (κ3) is 5.28. The molecule has 20 heavy (non-hydrogen) atoms. The fourth-order valence-corrected chi connectivity index (χ4v) is 2.37. The predicted octanol–water partition coefficient (Wildman–Crippen LogP) is 1.74. The van der Waals surface area contributed by atoms with Crippen LogP contribution in [-0.2, 0) is 21.0 Å². The van der Waals surface area contributed by atoms with E-state index in [0.717, 1.165) is 18.5 Å². The van der Waals surface area contributed by atoms with Crippen molar-refractivity contribution in [2.75, 3.05) is 6.54 Å². The Morgan fingerprint density at radius 3 is 2.90 bits per heavy atom. The number of hydrogen-bond acceptors (Lipinski definition) is 5. The van der Waals surface area contributed by atoms with Gasteiger partial charge in [-0.3, -0.25) is 9.63 Å². The lowest BCUT2D eigenvalue weighted by molar-refractivity contribution is -0.148. The van der Waals surface area contributed by atoms with Crippen molar-refractivity contribution in [1.82, 2.24) is 10.8 Å². The van der Waals surface area contributed by atoms with Crippen LogP contribution in [0.5, 0.6) is 0 Å². The highest BCUT2D eigenvalue weighted by Crippen LogP contribution is 2.12. The zero-order chi connectivity index (χ0) is 14.0. The largest absolute Gasteiger partial charge is 0.447 e. The molecular formula is C15H22N2O3. The van der Waals surface area contributed by atoms with Crippen LogP contribution in [0.15, 0.2) is 30.3 Å². The van der Waals surface area contributed by atoms with Gasteiger partial charge in [0.1, 0.15) is 0 Å². The highest BCUT2D eigenvalue weighted by atomic mass is 16.7. The highest BCUT2D eigenvalue weighted by Gasteiger charge is 2.19. The summed E-state index contributed by atoms with van der Waals surface area (Å²) in [5.74, 6) is 0. The van der Waals surface area contributed by atoms with E-state index in [1.54, 1.807) is 0 Å². The molecule has 0 saturated carbocycles. The first-order valence-electron chi connectivity index (χ1n) is 7.12. The van der Waals surface area contributed by atoms with Gasteiger partial charge in [-0.25, -0.2) is 0 Å². The van der Waals surface area contributed by atoms with E-state index >= 15 is 0 Å². The van der Waals surface area contributed by atoms with Crippen LogP contribution in [-0.4, -0.2) is 25.3 Å². The summed E-state index contributed by atoms with van der Waals surface area (Å²) < 4.78 is 5.03. The van der Waals surface area contributed by atoms with Gasteiger partial charge in [-0.05, 0) is 24.9 Å². The van der Waals surface area contributed by atoms with Gasteiger partial charge in [0.2, 0.25) is 0 Å². The van der Waals surface area contributed by atoms with Gasteiger partial charge in [0.15, 0.2) is 6.23 Å². The first kappa shape index (κ1) is 15.0. The number of carbonyl (C=O) groups is 1. The maximum absolute atomic E-state index is 10.6. The second kappa shape index (κ2) is 8.68. The average Bonchev–Trinajstić information content (AvgIpc) is 2.49. The van der Waals surface area contributed by atoms with Crippen LogP contribution in [0.2, 0.25) is 0 Å². The average molecular weight is 278 g/mol. The molecule has 0 aliphatic carbocycles. The topological polar surface area (TPSA) is 59.6 Å². The lowest BCUT2D eigenvalue weighted by Crippen LogP contribution is -2.42. The molecule has 5 nitrogen and oxygen atoms in total. The minimum atomic E-state index is -0.410. The van der Waals surface area contributed by atoms with E-state index in [2.05, 4.69) is 10.8 Å². The fourth-order valence-electron chi connectivity index (χ4n) is 2.37. The Morgan fingerprint density at radius 2 is 2.20 bits per heavy atom. The van der Waals surface area contributed by atoms with Crippen molar-refractivity contribution in [2.24, 2.45) is 0 Å². The van der Waals surface area contributed by atoms with E-state index in [4.69, 9.17) is 9.57 Å². The zero-order valence-electron chi connectivity index (χ0n) is 11.6. The van der Waals surface area contributed by atoms with Gasteiger partial charge >= 0.3 is 0 Å². The normalized spacial score (nSPS) is 20.3. The molecule has 2 N–H and O–H groups in total. The Bertz CT molecular complexity index is 380. The van der Waals surface area contributed by atoms with Crippen molar-refractivity contribution in [1.29, 1.82) is 0 Å². The van der Waals surface area contributed by atoms with Crippen LogP contribution in [0.3, 0.4) is 0 Å². The van der Waals surface area contributed by atoms with Crippen molar-refractivity contribution < 1.29 is 14.4 Å². The number of nitrogens with one attached hydrogen (secondary N) is 2. The van der Waals surface area contributed by atoms with Crippen molar-refractivity contribution in [2.45, 2.75) is 44.6 Å². The summed E-state index contributed by atoms with van der Waals surface area (Å²) in [7, 11) is 0. The summed E-state index contributed by atoms with van der Waals surface area (Å²) in [5, 5.41) is 3.42. The van der Waals surface area contributed by atoms with E-state index < -0.39 is 6.23 Å². The number of hydrogen-bond donors (Lipinski definition) is 2. The summed E-state index contributed by atoms with van der Waals surface area (Å²) in [5.41, 5.74) is 3.89. The first-order valence-corrected chi connectivity index (χ1v) is 7.12. The molecule has 2 atom stereocenters. The quantitative estimate of drug-likeness (QED) is 0.431. The van der Waals surface area contributed by atoms with Crippen molar-refractivity contribution in [3.05, 3.63) is 35.9 Å². The maximum Gasteiger partial charge on any atom is 0.294 e. The molecule has 1 aliphatic heterocycles. The fraction of sp³-hybridized carbons (Fsp3) is 0.533. The van der Waals surface area contributed by atoms with Gasteiger partial charge in [0.25, 0.3) is 6.47 Å².